The molecule has 0 amide bonds. The molecular formula is C27H27OP. The van der Waals surface area contributed by atoms with Gasteiger partial charge >= 0.3 is 174 Å². The first kappa shape index (κ1) is 19.4. The standard InChI is InChI=1S/C27H27OP/c1-2-28-24-14-12-13-23(21-24)22-29(25-15-6-3-7-16-25,26-17-8-4-9-18-26)27-19-10-5-11-20-27/h3-21,29H,2,22H2,1H3. The van der Waals surface area contributed by atoms with Crippen molar-refractivity contribution in [1.29, 1.82) is 0 Å². The third-order valence-corrected chi connectivity index (χ3v) is 10.4. The molecule has 0 heterocycles. The Kier molecular flexibility index (Phi) is 6.08. The van der Waals surface area contributed by atoms with Crippen molar-refractivity contribution < 1.29 is 4.74 Å². The van der Waals surface area contributed by atoms with Gasteiger partial charge in [-0.15, -0.1) is 0 Å². The molecular weight excluding hydrogens is 371 g/mol. The number of hydrogen-bond donors (Lipinski definition) is 0. The Labute approximate surface area is 174 Å². The zero-order valence-electron chi connectivity index (χ0n) is 16.8. The Balaban J connectivity index is 1.94. The van der Waals surface area contributed by atoms with Gasteiger partial charge in [0, 0.05) is 0 Å². The van der Waals surface area contributed by atoms with Crippen LogP contribution < -0.4 is 20.7 Å². The number of rotatable bonds is 7. The van der Waals surface area contributed by atoms with E-state index in [2.05, 4.69) is 109 Å². The summed E-state index contributed by atoms with van der Waals surface area (Å²) in [6.07, 6.45) is 0.992. The summed E-state index contributed by atoms with van der Waals surface area (Å²) in [7, 11) is -2.27. The second-order valence-electron chi connectivity index (χ2n) is 7.26. The Hall–Kier alpha value is -2.89. The zero-order chi connectivity index (χ0) is 19.9. The molecule has 4 aromatic rings. The molecule has 146 valence electrons. The third-order valence-electron chi connectivity index (χ3n) is 5.48. The summed E-state index contributed by atoms with van der Waals surface area (Å²) in [4.78, 5) is 0. The van der Waals surface area contributed by atoms with Gasteiger partial charge in [-0.1, -0.05) is 0 Å². The van der Waals surface area contributed by atoms with E-state index in [9.17, 15) is 0 Å². The molecule has 0 fully saturated rings. The van der Waals surface area contributed by atoms with Crippen molar-refractivity contribution in [2.45, 2.75) is 13.1 Å². The van der Waals surface area contributed by atoms with Crippen LogP contribution in [0.1, 0.15) is 12.5 Å². The average Bonchev–Trinajstić information content (AvgIpc) is 2.80. The minimum atomic E-state index is -2.27. The first-order valence-electron chi connectivity index (χ1n) is 10.2. The van der Waals surface area contributed by atoms with Gasteiger partial charge in [-0.25, -0.2) is 0 Å². The van der Waals surface area contributed by atoms with Crippen molar-refractivity contribution in [2.75, 3.05) is 6.61 Å². The van der Waals surface area contributed by atoms with E-state index < -0.39 is 7.26 Å². The van der Waals surface area contributed by atoms with Gasteiger partial charge in [-0.3, -0.25) is 0 Å². The van der Waals surface area contributed by atoms with E-state index in [-0.39, 0.29) is 0 Å². The molecule has 0 atom stereocenters. The minimum absolute atomic E-state index is 0.683. The van der Waals surface area contributed by atoms with Crippen molar-refractivity contribution >= 4 is 23.2 Å². The molecule has 4 rings (SSSR count). The van der Waals surface area contributed by atoms with E-state index in [1.54, 1.807) is 0 Å². The van der Waals surface area contributed by atoms with Gasteiger partial charge in [-0.2, -0.15) is 0 Å². The first-order chi connectivity index (χ1) is 14.3. The van der Waals surface area contributed by atoms with E-state index in [0.29, 0.717) is 6.61 Å². The fraction of sp³-hybridized carbons (Fsp3) is 0.111. The van der Waals surface area contributed by atoms with Crippen LogP contribution >= 0.6 is 7.26 Å². The maximum absolute atomic E-state index is 5.79. The normalized spacial score (nSPS) is 11.8. The van der Waals surface area contributed by atoms with Crippen LogP contribution in [-0.4, -0.2) is 6.61 Å². The Morgan fingerprint density at radius 1 is 0.586 bits per heavy atom. The Bertz CT molecular complexity index is 933. The van der Waals surface area contributed by atoms with E-state index in [0.717, 1.165) is 11.9 Å². The molecule has 0 N–H and O–H groups in total. The quantitative estimate of drug-likeness (QED) is 0.383. The predicted octanol–water partition coefficient (Wildman–Crippen LogP) is 5.31. The van der Waals surface area contributed by atoms with Crippen LogP contribution in [-0.2, 0) is 6.16 Å². The van der Waals surface area contributed by atoms with Crippen LogP contribution in [0.5, 0.6) is 5.75 Å². The van der Waals surface area contributed by atoms with Crippen molar-refractivity contribution in [3.05, 3.63) is 121 Å². The Morgan fingerprint density at radius 3 is 1.52 bits per heavy atom. The summed E-state index contributed by atoms with van der Waals surface area (Å²) < 4.78 is 5.79. The van der Waals surface area contributed by atoms with Crippen molar-refractivity contribution in [3.8, 4) is 5.75 Å². The van der Waals surface area contributed by atoms with Crippen molar-refractivity contribution in [3.63, 3.8) is 0 Å². The van der Waals surface area contributed by atoms with Crippen molar-refractivity contribution in [1.82, 2.24) is 0 Å². The van der Waals surface area contributed by atoms with Crippen LogP contribution in [0.25, 0.3) is 0 Å². The topological polar surface area (TPSA) is 9.23 Å². The Morgan fingerprint density at radius 2 is 1.07 bits per heavy atom. The molecule has 0 aliphatic rings. The van der Waals surface area contributed by atoms with E-state index in [1.807, 2.05) is 13.0 Å². The maximum atomic E-state index is 5.79. The van der Waals surface area contributed by atoms with E-state index in [1.165, 1.54) is 21.5 Å². The van der Waals surface area contributed by atoms with Gasteiger partial charge in [0.1, 0.15) is 0 Å². The third kappa shape index (κ3) is 4.11. The molecule has 0 spiro atoms. The zero-order valence-corrected chi connectivity index (χ0v) is 17.8. The van der Waals surface area contributed by atoms with Gasteiger partial charge in [-0.05, 0) is 0 Å². The molecule has 0 radical (unpaired) electrons. The summed E-state index contributed by atoms with van der Waals surface area (Å²) in [5.41, 5.74) is 1.32. The molecule has 29 heavy (non-hydrogen) atoms. The fourth-order valence-electron chi connectivity index (χ4n) is 4.19. The van der Waals surface area contributed by atoms with Gasteiger partial charge in [0.2, 0.25) is 0 Å². The molecule has 0 bridgehead atoms. The molecule has 0 aliphatic heterocycles. The van der Waals surface area contributed by atoms with Gasteiger partial charge < -0.3 is 0 Å². The SMILES string of the molecule is CCOc1cccc(C[PH](c2ccccc2)(c2ccccc2)c2ccccc2)c1. The van der Waals surface area contributed by atoms with Crippen LogP contribution in [0.3, 0.4) is 0 Å². The predicted molar refractivity (Wildman–Crippen MR) is 128 cm³/mol. The molecule has 0 saturated carbocycles. The second-order valence-corrected chi connectivity index (χ2v) is 11.2. The van der Waals surface area contributed by atoms with Gasteiger partial charge in [0.05, 0.1) is 0 Å². The summed E-state index contributed by atoms with van der Waals surface area (Å²) >= 11 is 0. The number of ether oxygens (including phenoxy) is 1. The molecule has 0 aromatic heterocycles. The number of hydrogen-bond acceptors (Lipinski definition) is 1. The summed E-state index contributed by atoms with van der Waals surface area (Å²) in [5, 5.41) is 4.29. The van der Waals surface area contributed by atoms with Crippen LogP contribution in [0.4, 0.5) is 0 Å². The van der Waals surface area contributed by atoms with Crippen molar-refractivity contribution in [2.24, 2.45) is 0 Å². The molecule has 4 aromatic carbocycles. The molecule has 2 heteroatoms. The number of benzene rings is 4. The molecule has 0 aliphatic carbocycles. The van der Waals surface area contributed by atoms with Crippen LogP contribution in [0.2, 0.25) is 0 Å². The van der Waals surface area contributed by atoms with Crippen LogP contribution in [0, 0.1) is 0 Å². The van der Waals surface area contributed by atoms with Crippen LogP contribution in [0.15, 0.2) is 115 Å². The van der Waals surface area contributed by atoms with Gasteiger partial charge in [0.15, 0.2) is 0 Å². The van der Waals surface area contributed by atoms with Gasteiger partial charge in [0.25, 0.3) is 0 Å². The summed E-state index contributed by atoms with van der Waals surface area (Å²) in [6.45, 7) is 2.71. The monoisotopic (exact) mass is 398 g/mol. The molecule has 0 unspecified atom stereocenters. The first-order valence-corrected chi connectivity index (χ1v) is 12.4. The fourth-order valence-corrected chi connectivity index (χ4v) is 8.92. The molecule has 0 saturated heterocycles. The van der Waals surface area contributed by atoms with E-state index in [4.69, 9.17) is 4.74 Å². The summed E-state index contributed by atoms with van der Waals surface area (Å²) in [6, 6.07) is 41.7. The second kappa shape index (κ2) is 9.07. The summed E-state index contributed by atoms with van der Waals surface area (Å²) in [5.74, 6) is 0.946. The average molecular weight is 398 g/mol. The van der Waals surface area contributed by atoms with E-state index >= 15 is 0 Å². The molecule has 1 nitrogen and oxygen atoms in total.